The highest BCUT2D eigenvalue weighted by atomic mass is 16.5. The molecular weight excluding hydrogens is 208 g/mol. The predicted molar refractivity (Wildman–Crippen MR) is 61.3 cm³/mol. The van der Waals surface area contributed by atoms with Crippen molar-refractivity contribution in [1.29, 1.82) is 0 Å². The number of carboxylic acids is 1. The molecule has 0 bridgehead atoms. The Labute approximate surface area is 96.3 Å². The molecule has 16 heavy (non-hydrogen) atoms. The van der Waals surface area contributed by atoms with Crippen LogP contribution in [-0.2, 0) is 9.53 Å². The summed E-state index contributed by atoms with van der Waals surface area (Å²) in [5.41, 5.74) is 5.34. The van der Waals surface area contributed by atoms with Gasteiger partial charge in [0.15, 0.2) is 0 Å². The van der Waals surface area contributed by atoms with Gasteiger partial charge in [0.25, 0.3) is 0 Å². The summed E-state index contributed by atoms with van der Waals surface area (Å²) in [5, 5.41) is 11.5. The third kappa shape index (κ3) is 5.44. The van der Waals surface area contributed by atoms with Crippen LogP contribution in [0.25, 0.3) is 0 Å². The van der Waals surface area contributed by atoms with Crippen LogP contribution in [0.4, 0.5) is 0 Å². The second kappa shape index (κ2) is 7.60. The lowest BCUT2D eigenvalue weighted by Crippen LogP contribution is -2.41. The number of carbonyl (C=O) groups is 1. The Balaban J connectivity index is 1.93. The molecule has 1 rings (SSSR count). The van der Waals surface area contributed by atoms with Crippen LogP contribution in [0, 0.1) is 0 Å². The topological polar surface area (TPSA) is 84.6 Å². The van der Waals surface area contributed by atoms with Gasteiger partial charge in [-0.05, 0) is 12.8 Å². The molecule has 0 aromatic carbocycles. The van der Waals surface area contributed by atoms with E-state index in [1.165, 1.54) is 19.3 Å². The molecule has 5 nitrogen and oxygen atoms in total. The average Bonchev–Trinajstić information content (AvgIpc) is 2.29. The fraction of sp³-hybridized carbons (Fsp3) is 0.909. The number of ether oxygens (including phenoxy) is 1. The molecule has 1 atom stereocenters. The van der Waals surface area contributed by atoms with Gasteiger partial charge in [-0.25, -0.2) is 0 Å². The van der Waals surface area contributed by atoms with E-state index in [1.807, 2.05) is 0 Å². The summed E-state index contributed by atoms with van der Waals surface area (Å²) in [6.07, 6.45) is 6.59. The molecule has 0 aromatic heterocycles. The Kier molecular flexibility index (Phi) is 6.37. The van der Waals surface area contributed by atoms with E-state index >= 15 is 0 Å². The Morgan fingerprint density at radius 2 is 2.12 bits per heavy atom. The van der Waals surface area contributed by atoms with Gasteiger partial charge >= 0.3 is 5.97 Å². The van der Waals surface area contributed by atoms with Crippen molar-refractivity contribution in [3.63, 3.8) is 0 Å². The Bertz CT molecular complexity index is 205. The summed E-state index contributed by atoms with van der Waals surface area (Å²) < 4.78 is 5.67. The first-order chi connectivity index (χ1) is 7.70. The van der Waals surface area contributed by atoms with Crippen molar-refractivity contribution in [3.05, 3.63) is 0 Å². The molecule has 1 aliphatic rings. The van der Waals surface area contributed by atoms with Crippen LogP contribution >= 0.6 is 0 Å². The number of carboxylic acid groups (broad SMARTS) is 1. The number of nitrogens with one attached hydrogen (secondary N) is 1. The van der Waals surface area contributed by atoms with E-state index in [2.05, 4.69) is 5.32 Å². The maximum Gasteiger partial charge on any atom is 0.321 e. The van der Waals surface area contributed by atoms with Gasteiger partial charge in [0.05, 0.1) is 12.7 Å². The molecule has 0 radical (unpaired) electrons. The van der Waals surface area contributed by atoms with Crippen molar-refractivity contribution in [2.45, 2.75) is 44.2 Å². The van der Waals surface area contributed by atoms with Gasteiger partial charge in [-0.15, -0.1) is 0 Å². The lowest BCUT2D eigenvalue weighted by molar-refractivity contribution is -0.138. The summed E-state index contributed by atoms with van der Waals surface area (Å²) in [7, 11) is 0. The van der Waals surface area contributed by atoms with E-state index in [9.17, 15) is 4.79 Å². The second-order valence-electron chi connectivity index (χ2n) is 4.28. The molecule has 0 aromatic rings. The van der Waals surface area contributed by atoms with Gasteiger partial charge in [0, 0.05) is 13.1 Å². The number of hydrogen-bond acceptors (Lipinski definition) is 4. The van der Waals surface area contributed by atoms with E-state index in [-0.39, 0.29) is 0 Å². The highest BCUT2D eigenvalue weighted by molar-refractivity contribution is 5.73. The van der Waals surface area contributed by atoms with E-state index in [0.717, 1.165) is 12.8 Å². The van der Waals surface area contributed by atoms with Crippen LogP contribution in [-0.4, -0.2) is 42.9 Å². The SMILES string of the molecule is NC(CNCCOC1CCCCC1)C(=O)O. The molecule has 0 spiro atoms. The molecule has 0 saturated heterocycles. The lowest BCUT2D eigenvalue weighted by Gasteiger charge is -2.22. The third-order valence-electron chi connectivity index (χ3n) is 2.87. The smallest absolute Gasteiger partial charge is 0.321 e. The number of aliphatic carboxylic acids is 1. The molecule has 1 aliphatic carbocycles. The lowest BCUT2D eigenvalue weighted by atomic mass is 9.98. The van der Waals surface area contributed by atoms with Crippen molar-refractivity contribution in [1.82, 2.24) is 5.32 Å². The molecule has 1 unspecified atom stereocenters. The van der Waals surface area contributed by atoms with Crippen molar-refractivity contribution < 1.29 is 14.6 Å². The zero-order chi connectivity index (χ0) is 11.8. The summed E-state index contributed by atoms with van der Waals surface area (Å²) in [6, 6.07) is -0.824. The van der Waals surface area contributed by atoms with Crippen molar-refractivity contribution in [2.75, 3.05) is 19.7 Å². The van der Waals surface area contributed by atoms with Crippen molar-refractivity contribution in [3.8, 4) is 0 Å². The van der Waals surface area contributed by atoms with E-state index in [0.29, 0.717) is 25.8 Å². The molecule has 0 heterocycles. The minimum Gasteiger partial charge on any atom is -0.480 e. The summed E-state index contributed by atoms with van der Waals surface area (Å²) in [6.45, 7) is 1.60. The monoisotopic (exact) mass is 230 g/mol. The first-order valence-corrected chi connectivity index (χ1v) is 6.01. The summed E-state index contributed by atoms with van der Waals surface area (Å²) in [4.78, 5) is 10.4. The number of hydrogen-bond donors (Lipinski definition) is 3. The van der Waals surface area contributed by atoms with Crippen LogP contribution < -0.4 is 11.1 Å². The van der Waals surface area contributed by atoms with Gasteiger partial charge in [-0.1, -0.05) is 19.3 Å². The van der Waals surface area contributed by atoms with E-state index in [4.69, 9.17) is 15.6 Å². The van der Waals surface area contributed by atoms with Gasteiger partial charge in [-0.3, -0.25) is 4.79 Å². The van der Waals surface area contributed by atoms with Crippen LogP contribution in [0.1, 0.15) is 32.1 Å². The second-order valence-corrected chi connectivity index (χ2v) is 4.28. The van der Waals surface area contributed by atoms with Crippen molar-refractivity contribution in [2.24, 2.45) is 5.73 Å². The summed E-state index contributed by atoms with van der Waals surface area (Å²) in [5.74, 6) is -0.972. The van der Waals surface area contributed by atoms with Crippen LogP contribution in [0.15, 0.2) is 0 Å². The minimum atomic E-state index is -0.972. The van der Waals surface area contributed by atoms with E-state index in [1.54, 1.807) is 0 Å². The minimum absolute atomic E-state index is 0.295. The largest absolute Gasteiger partial charge is 0.480 e. The van der Waals surface area contributed by atoms with Crippen LogP contribution in [0.3, 0.4) is 0 Å². The molecule has 0 amide bonds. The van der Waals surface area contributed by atoms with Crippen LogP contribution in [0.5, 0.6) is 0 Å². The molecule has 0 aliphatic heterocycles. The maximum atomic E-state index is 10.4. The Morgan fingerprint density at radius 3 is 2.75 bits per heavy atom. The molecular formula is C11H22N2O3. The van der Waals surface area contributed by atoms with E-state index < -0.39 is 12.0 Å². The Hall–Kier alpha value is -0.650. The van der Waals surface area contributed by atoms with Gasteiger partial charge in [-0.2, -0.15) is 0 Å². The zero-order valence-corrected chi connectivity index (χ0v) is 9.65. The normalized spacial score (nSPS) is 19.6. The molecule has 4 N–H and O–H groups in total. The number of nitrogens with two attached hydrogens (primary N) is 1. The zero-order valence-electron chi connectivity index (χ0n) is 9.65. The fourth-order valence-electron chi connectivity index (χ4n) is 1.87. The molecule has 1 fully saturated rings. The summed E-state index contributed by atoms with van der Waals surface area (Å²) >= 11 is 0. The Morgan fingerprint density at radius 1 is 1.44 bits per heavy atom. The maximum absolute atomic E-state index is 10.4. The number of rotatable bonds is 7. The highest BCUT2D eigenvalue weighted by Crippen LogP contribution is 2.19. The van der Waals surface area contributed by atoms with Crippen molar-refractivity contribution >= 4 is 5.97 Å². The van der Waals surface area contributed by atoms with Gasteiger partial charge in [0.1, 0.15) is 6.04 Å². The molecule has 5 heteroatoms. The fourth-order valence-corrected chi connectivity index (χ4v) is 1.87. The first kappa shape index (κ1) is 13.4. The molecule has 94 valence electrons. The standard InChI is InChI=1S/C11H22N2O3/c12-10(11(14)15)8-13-6-7-16-9-4-2-1-3-5-9/h9-10,13H,1-8,12H2,(H,14,15). The predicted octanol–water partition coefficient (Wildman–Crippen LogP) is 0.337. The van der Waals surface area contributed by atoms with Gasteiger partial charge in [0.2, 0.25) is 0 Å². The highest BCUT2D eigenvalue weighted by Gasteiger charge is 2.13. The average molecular weight is 230 g/mol. The van der Waals surface area contributed by atoms with Crippen LogP contribution in [0.2, 0.25) is 0 Å². The third-order valence-corrected chi connectivity index (χ3v) is 2.87. The first-order valence-electron chi connectivity index (χ1n) is 6.01. The van der Waals surface area contributed by atoms with Gasteiger partial charge < -0.3 is 20.9 Å². The molecule has 1 saturated carbocycles. The quantitative estimate of drug-likeness (QED) is 0.549.